The van der Waals surface area contributed by atoms with Crippen LogP contribution in [-0.2, 0) is 20.8 Å². The van der Waals surface area contributed by atoms with Gasteiger partial charge in [-0.25, -0.2) is 9.02 Å². The van der Waals surface area contributed by atoms with E-state index in [1.54, 1.807) is 24.8 Å². The van der Waals surface area contributed by atoms with Crippen LogP contribution in [0.5, 0.6) is 0 Å². The van der Waals surface area contributed by atoms with Gasteiger partial charge in [0.1, 0.15) is 23.6 Å². The molecule has 1 saturated heterocycles. The summed E-state index contributed by atoms with van der Waals surface area (Å²) in [6, 6.07) is 2.62. The van der Waals surface area contributed by atoms with Gasteiger partial charge in [-0.05, 0) is 55.1 Å². The van der Waals surface area contributed by atoms with E-state index in [-0.39, 0.29) is 35.5 Å². The van der Waals surface area contributed by atoms with E-state index in [1.807, 2.05) is 14.0 Å². The van der Waals surface area contributed by atoms with E-state index >= 15 is 4.39 Å². The Balaban J connectivity index is 1.52. The van der Waals surface area contributed by atoms with Crippen molar-refractivity contribution in [2.45, 2.75) is 90.1 Å². The van der Waals surface area contributed by atoms with Gasteiger partial charge < -0.3 is 25.8 Å². The van der Waals surface area contributed by atoms with E-state index in [0.29, 0.717) is 30.8 Å². The van der Waals surface area contributed by atoms with Gasteiger partial charge in [-0.1, -0.05) is 57.7 Å². The Hall–Kier alpha value is -3.87. The van der Waals surface area contributed by atoms with Crippen LogP contribution in [0.1, 0.15) is 93.4 Å². The zero-order valence-electron chi connectivity index (χ0n) is 26.7. The third kappa shape index (κ3) is 8.65. The molecule has 4 amide bonds. The number of rotatable bonds is 11. The monoisotopic (exact) mass is 627 g/mol. The lowest BCUT2D eigenvalue weighted by molar-refractivity contribution is -0.138. The van der Waals surface area contributed by atoms with Crippen molar-refractivity contribution >= 4 is 29.3 Å². The molecule has 0 unspecified atom stereocenters. The van der Waals surface area contributed by atoms with Crippen molar-refractivity contribution in [2.75, 3.05) is 38.5 Å². The summed E-state index contributed by atoms with van der Waals surface area (Å²) in [4.78, 5) is 56.6. The second kappa shape index (κ2) is 15.9. The van der Waals surface area contributed by atoms with Gasteiger partial charge in [-0.15, -0.1) is 0 Å². The van der Waals surface area contributed by atoms with Crippen LogP contribution in [0, 0.1) is 11.7 Å². The molecule has 2 aliphatic rings. The summed E-state index contributed by atoms with van der Waals surface area (Å²) in [6.07, 6.45) is 6.12. The number of benzene rings is 1. The molecule has 1 aromatic heterocycles. The van der Waals surface area contributed by atoms with Crippen molar-refractivity contribution in [3.05, 3.63) is 41.0 Å². The van der Waals surface area contributed by atoms with Crippen molar-refractivity contribution in [3.63, 3.8) is 0 Å². The van der Waals surface area contributed by atoms with Crippen LogP contribution >= 0.6 is 0 Å². The number of aromatic nitrogens is 2. The van der Waals surface area contributed by atoms with Crippen LogP contribution < -0.4 is 16.0 Å². The fourth-order valence-corrected chi connectivity index (χ4v) is 6.08. The normalized spacial score (nSPS) is 18.4. The number of hydrogen-bond acceptors (Lipinski definition) is 8. The Labute approximate surface area is 263 Å². The minimum atomic E-state index is -0.912. The second-order valence-corrected chi connectivity index (χ2v) is 12.2. The summed E-state index contributed by atoms with van der Waals surface area (Å²) >= 11 is 0. The molecule has 1 aromatic carbocycles. The topological polar surface area (TPSA) is 150 Å². The Kier molecular flexibility index (Phi) is 12.0. The van der Waals surface area contributed by atoms with E-state index in [1.165, 1.54) is 12.1 Å². The predicted molar refractivity (Wildman–Crippen MR) is 166 cm³/mol. The smallest absolute Gasteiger partial charge is 0.276 e. The van der Waals surface area contributed by atoms with Crippen molar-refractivity contribution in [1.29, 1.82) is 0 Å². The van der Waals surface area contributed by atoms with Gasteiger partial charge >= 0.3 is 0 Å². The molecule has 3 atom stereocenters. The van der Waals surface area contributed by atoms with Gasteiger partial charge in [0, 0.05) is 38.5 Å². The number of anilines is 1. The molecule has 2 fully saturated rings. The maximum absolute atomic E-state index is 15.6. The van der Waals surface area contributed by atoms with Gasteiger partial charge in [-0.3, -0.25) is 19.2 Å². The predicted octanol–water partition coefficient (Wildman–Crippen LogP) is 3.25. The summed E-state index contributed by atoms with van der Waals surface area (Å²) in [6.45, 7) is 7.87. The molecule has 0 spiro atoms. The first-order valence-corrected chi connectivity index (χ1v) is 16.1. The molecular formula is C32H46FN7O5. The minimum Gasteiger partial charge on any atom is -0.344 e. The van der Waals surface area contributed by atoms with E-state index < -0.39 is 35.6 Å². The minimum absolute atomic E-state index is 0.0317. The van der Waals surface area contributed by atoms with Crippen LogP contribution in [0.15, 0.2) is 22.8 Å². The Morgan fingerprint density at radius 3 is 2.31 bits per heavy atom. The van der Waals surface area contributed by atoms with Crippen LogP contribution in [0.2, 0.25) is 0 Å². The summed E-state index contributed by atoms with van der Waals surface area (Å²) < 4.78 is 20.3. The highest BCUT2D eigenvalue weighted by Gasteiger charge is 2.35. The third-order valence-electron chi connectivity index (χ3n) is 9.04. The average Bonchev–Trinajstić information content (AvgIpc) is 3.37. The molecular weight excluding hydrogens is 581 g/mol. The maximum Gasteiger partial charge on any atom is 0.276 e. The van der Waals surface area contributed by atoms with E-state index in [9.17, 15) is 19.2 Å². The zero-order chi connectivity index (χ0) is 32.5. The van der Waals surface area contributed by atoms with Gasteiger partial charge in [0.25, 0.3) is 5.91 Å². The highest BCUT2D eigenvalue weighted by molar-refractivity contribution is 6.01. The first kappa shape index (κ1) is 34.0. The molecule has 4 rings (SSSR count). The van der Waals surface area contributed by atoms with Crippen molar-refractivity contribution in [3.8, 4) is 0 Å². The van der Waals surface area contributed by atoms with E-state index in [2.05, 4.69) is 31.2 Å². The van der Waals surface area contributed by atoms with Gasteiger partial charge in [0.05, 0.1) is 5.69 Å². The number of aryl methyl sites for hydroxylation is 1. The lowest BCUT2D eigenvalue weighted by atomic mass is 9.90. The average molecular weight is 628 g/mol. The molecule has 12 nitrogen and oxygen atoms in total. The molecule has 3 N–H and O–H groups in total. The largest absolute Gasteiger partial charge is 0.344 e. The fraction of sp³-hybridized carbons (Fsp3) is 0.625. The summed E-state index contributed by atoms with van der Waals surface area (Å²) in [5, 5.41) is 15.8. The number of carbonyl (C=O) groups is 4. The Morgan fingerprint density at radius 2 is 1.69 bits per heavy atom. The third-order valence-corrected chi connectivity index (χ3v) is 9.04. The fourth-order valence-electron chi connectivity index (χ4n) is 6.08. The molecule has 0 radical (unpaired) electrons. The quantitative estimate of drug-likeness (QED) is 0.322. The van der Waals surface area contributed by atoms with E-state index in [0.717, 1.165) is 51.6 Å². The van der Waals surface area contributed by atoms with E-state index in [4.69, 9.17) is 4.63 Å². The molecule has 13 heteroatoms. The van der Waals surface area contributed by atoms with Crippen molar-refractivity contribution in [1.82, 2.24) is 30.7 Å². The van der Waals surface area contributed by atoms with Crippen LogP contribution in [0.3, 0.4) is 0 Å². The molecule has 2 heterocycles. The zero-order valence-corrected chi connectivity index (χ0v) is 26.7. The number of nitrogens with zero attached hydrogens (tertiary/aromatic N) is 4. The van der Waals surface area contributed by atoms with Gasteiger partial charge in [-0.2, -0.15) is 0 Å². The summed E-state index contributed by atoms with van der Waals surface area (Å²) in [5.41, 5.74) is 0.890. The number of piperazine rings is 1. The SMILES string of the molecule is CCC(=O)N[C@@H](C(=O)N1CCN(C)CC1)[C@@H](C)c1ccc(NC(=O)[C@@H](NC(=O)c2nonc2CC)C2CCCCCC2)c(F)c1. The van der Waals surface area contributed by atoms with Crippen molar-refractivity contribution < 1.29 is 28.2 Å². The molecule has 1 aliphatic carbocycles. The molecule has 1 saturated carbocycles. The van der Waals surface area contributed by atoms with Gasteiger partial charge in [0.2, 0.25) is 17.7 Å². The molecule has 0 bridgehead atoms. The number of carbonyl (C=O) groups excluding carboxylic acids is 4. The Morgan fingerprint density at radius 1 is 1.00 bits per heavy atom. The Bertz CT molecular complexity index is 1330. The summed E-state index contributed by atoms with van der Waals surface area (Å²) in [7, 11) is 1.99. The number of amides is 4. The first-order chi connectivity index (χ1) is 21.6. The van der Waals surface area contributed by atoms with Crippen LogP contribution in [0.4, 0.5) is 10.1 Å². The van der Waals surface area contributed by atoms with Crippen molar-refractivity contribution in [2.24, 2.45) is 5.92 Å². The highest BCUT2D eigenvalue weighted by Crippen LogP contribution is 2.29. The molecule has 246 valence electrons. The first-order valence-electron chi connectivity index (χ1n) is 16.1. The van der Waals surface area contributed by atoms with Gasteiger partial charge in [0.15, 0.2) is 5.69 Å². The molecule has 45 heavy (non-hydrogen) atoms. The lowest BCUT2D eigenvalue weighted by Crippen LogP contribution is -2.55. The number of likely N-dealkylation sites (N-methyl/N-ethyl adjacent to an activating group) is 1. The number of halogens is 1. The molecule has 1 aliphatic heterocycles. The number of nitrogens with one attached hydrogen (secondary N) is 3. The second-order valence-electron chi connectivity index (χ2n) is 12.2. The van der Waals surface area contributed by atoms with Crippen LogP contribution in [0.25, 0.3) is 0 Å². The number of hydrogen-bond donors (Lipinski definition) is 3. The lowest BCUT2D eigenvalue weighted by Gasteiger charge is -2.36. The summed E-state index contributed by atoms with van der Waals surface area (Å²) in [5.74, 6) is -2.90. The maximum atomic E-state index is 15.6. The highest BCUT2D eigenvalue weighted by atomic mass is 19.1. The standard InChI is InChI=1S/C32H46FN7O5/c1-5-24-29(38-45-37-24)31(43)36-28(21-11-9-7-8-10-12-21)30(42)34-25-14-13-22(19-23(25)33)20(3)27(35-26(41)6-2)32(44)40-17-15-39(4)16-18-40/h13-14,19-21,27-28H,5-12,15-18H2,1-4H3,(H,34,42)(H,35,41)(H,36,43)/t20-,27+,28-/m0/s1. The molecule has 2 aromatic rings. The van der Waals surface area contributed by atoms with Crippen LogP contribution in [-0.4, -0.2) is 89.1 Å².